The maximum absolute atomic E-state index is 12.5. The second-order valence-corrected chi connectivity index (χ2v) is 7.04. The maximum Gasteiger partial charge on any atom is 0.258 e. The topological polar surface area (TPSA) is 79.5 Å². The summed E-state index contributed by atoms with van der Waals surface area (Å²) in [5, 5.41) is 9.12. The van der Waals surface area contributed by atoms with E-state index >= 15 is 0 Å². The first-order valence-corrected chi connectivity index (χ1v) is 10.1. The second kappa shape index (κ2) is 12.8. The van der Waals surface area contributed by atoms with E-state index in [-0.39, 0.29) is 36.9 Å². The molecular weight excluding hydrogens is 374 g/mol. The summed E-state index contributed by atoms with van der Waals surface area (Å²) in [5.74, 6) is 1.04. The number of rotatable bonds is 9. The highest BCUT2D eigenvalue weighted by Gasteiger charge is 2.24. The molecule has 2 unspecified atom stereocenters. The Balaban J connectivity index is 0.00000338. The number of ether oxygens (including phenoxy) is 1. The molecule has 0 aromatic heterocycles. The van der Waals surface area contributed by atoms with Crippen molar-refractivity contribution in [1.82, 2.24) is 16.0 Å². The number of amides is 2. The Morgan fingerprint density at radius 2 is 2.12 bits per heavy atom. The molecule has 2 rings (SSSR count). The predicted molar refractivity (Wildman–Crippen MR) is 108 cm³/mol. The monoisotopic (exact) mass is 401 g/mol. The van der Waals surface area contributed by atoms with Crippen molar-refractivity contribution in [2.45, 2.75) is 31.3 Å². The van der Waals surface area contributed by atoms with Crippen molar-refractivity contribution >= 4 is 36.0 Å². The fourth-order valence-electron chi connectivity index (χ4n) is 2.68. The zero-order chi connectivity index (χ0) is 17.9. The lowest BCUT2D eigenvalue weighted by molar-refractivity contribution is -0.130. The van der Waals surface area contributed by atoms with Gasteiger partial charge in [-0.15, -0.1) is 12.4 Å². The van der Waals surface area contributed by atoms with Gasteiger partial charge >= 0.3 is 0 Å². The fraction of sp³-hybridized carbons (Fsp3) is 0.556. The van der Waals surface area contributed by atoms with Gasteiger partial charge in [-0.1, -0.05) is 18.2 Å². The highest BCUT2D eigenvalue weighted by atomic mass is 35.5. The summed E-state index contributed by atoms with van der Waals surface area (Å²) in [6, 6.07) is 8.77. The van der Waals surface area contributed by atoms with Crippen LogP contribution in [0.15, 0.2) is 30.3 Å². The molecule has 0 spiro atoms. The number of carbonyl (C=O) groups is 2. The van der Waals surface area contributed by atoms with Gasteiger partial charge < -0.3 is 20.7 Å². The first-order valence-electron chi connectivity index (χ1n) is 8.66. The van der Waals surface area contributed by atoms with Crippen LogP contribution in [0.1, 0.15) is 19.3 Å². The second-order valence-electron chi connectivity index (χ2n) is 6.06. The Hall–Kier alpha value is -1.44. The molecule has 0 saturated carbocycles. The van der Waals surface area contributed by atoms with E-state index in [0.717, 1.165) is 31.7 Å². The maximum atomic E-state index is 12.5. The molecule has 8 heteroatoms. The minimum atomic E-state index is -0.527. The van der Waals surface area contributed by atoms with Crippen molar-refractivity contribution in [3.8, 4) is 5.75 Å². The number of nitrogens with one attached hydrogen (secondary N) is 3. The van der Waals surface area contributed by atoms with Gasteiger partial charge in [0.2, 0.25) is 5.91 Å². The van der Waals surface area contributed by atoms with Crippen LogP contribution in [-0.4, -0.2) is 55.6 Å². The summed E-state index contributed by atoms with van der Waals surface area (Å²) in [5.41, 5.74) is 0. The van der Waals surface area contributed by atoms with Gasteiger partial charge in [-0.05, 0) is 49.9 Å². The Morgan fingerprint density at radius 3 is 2.77 bits per heavy atom. The molecule has 3 N–H and O–H groups in total. The first-order chi connectivity index (χ1) is 12.2. The Kier molecular flexibility index (Phi) is 11.2. The molecule has 0 radical (unpaired) electrons. The van der Waals surface area contributed by atoms with E-state index in [1.807, 2.05) is 24.5 Å². The van der Waals surface area contributed by atoms with Gasteiger partial charge in [-0.25, -0.2) is 0 Å². The molecular formula is C18H28ClN3O3S. The minimum Gasteiger partial charge on any atom is -0.484 e. The third-order valence-corrected chi connectivity index (χ3v) is 4.66. The van der Waals surface area contributed by atoms with Crippen molar-refractivity contribution in [3.63, 3.8) is 0 Å². The number of hydrogen-bond acceptors (Lipinski definition) is 5. The molecule has 1 aromatic rings. The van der Waals surface area contributed by atoms with E-state index < -0.39 is 6.04 Å². The van der Waals surface area contributed by atoms with Crippen molar-refractivity contribution < 1.29 is 14.3 Å². The van der Waals surface area contributed by atoms with E-state index in [1.165, 1.54) is 0 Å². The Labute approximate surface area is 165 Å². The largest absolute Gasteiger partial charge is 0.484 e. The third kappa shape index (κ3) is 8.29. The molecule has 1 heterocycles. The lowest BCUT2D eigenvalue weighted by atomic mass is 10.1. The van der Waals surface area contributed by atoms with Gasteiger partial charge in [0.25, 0.3) is 5.91 Å². The van der Waals surface area contributed by atoms with Crippen LogP contribution in [0.5, 0.6) is 5.75 Å². The number of hydrogen-bond donors (Lipinski definition) is 3. The Bertz CT molecular complexity index is 542. The molecule has 1 fully saturated rings. The predicted octanol–water partition coefficient (Wildman–Crippen LogP) is 1.59. The zero-order valence-corrected chi connectivity index (χ0v) is 16.7. The number of para-hydroxylation sites is 1. The molecule has 2 atom stereocenters. The van der Waals surface area contributed by atoms with Crippen LogP contribution >= 0.6 is 24.2 Å². The zero-order valence-electron chi connectivity index (χ0n) is 15.0. The normalized spacial score (nSPS) is 17.5. The summed E-state index contributed by atoms with van der Waals surface area (Å²) in [6.07, 6.45) is 4.61. The summed E-state index contributed by atoms with van der Waals surface area (Å²) in [7, 11) is 0. The quantitative estimate of drug-likeness (QED) is 0.585. The summed E-state index contributed by atoms with van der Waals surface area (Å²) in [6.45, 7) is 1.68. The average Bonchev–Trinajstić information content (AvgIpc) is 2.65. The van der Waals surface area contributed by atoms with Crippen molar-refractivity contribution in [1.29, 1.82) is 0 Å². The summed E-state index contributed by atoms with van der Waals surface area (Å²) >= 11 is 1.66. The van der Waals surface area contributed by atoms with E-state index in [2.05, 4.69) is 16.0 Å². The molecule has 0 bridgehead atoms. The highest BCUT2D eigenvalue weighted by Crippen LogP contribution is 2.08. The molecule has 0 aliphatic carbocycles. The summed E-state index contributed by atoms with van der Waals surface area (Å²) in [4.78, 5) is 24.7. The molecule has 146 valence electrons. The summed E-state index contributed by atoms with van der Waals surface area (Å²) < 4.78 is 5.44. The number of halogens is 1. The van der Waals surface area contributed by atoms with Gasteiger partial charge in [0.1, 0.15) is 11.8 Å². The number of carbonyl (C=O) groups excluding carboxylic acids is 2. The smallest absolute Gasteiger partial charge is 0.258 e. The molecule has 1 saturated heterocycles. The minimum absolute atomic E-state index is 0. The first kappa shape index (κ1) is 22.6. The molecule has 1 aromatic carbocycles. The van der Waals surface area contributed by atoms with Gasteiger partial charge in [0, 0.05) is 12.6 Å². The van der Waals surface area contributed by atoms with Crippen LogP contribution in [0.25, 0.3) is 0 Å². The molecule has 1 aliphatic heterocycles. The van der Waals surface area contributed by atoms with E-state index in [0.29, 0.717) is 12.2 Å². The van der Waals surface area contributed by atoms with Crippen molar-refractivity contribution in [3.05, 3.63) is 30.3 Å². The van der Waals surface area contributed by atoms with Crippen molar-refractivity contribution in [2.24, 2.45) is 0 Å². The molecule has 1 aliphatic rings. The molecule has 2 amide bonds. The highest BCUT2D eigenvalue weighted by molar-refractivity contribution is 7.98. The number of piperidine rings is 1. The van der Waals surface area contributed by atoms with E-state index in [1.54, 1.807) is 23.9 Å². The van der Waals surface area contributed by atoms with Gasteiger partial charge in [-0.2, -0.15) is 11.8 Å². The van der Waals surface area contributed by atoms with Crippen LogP contribution in [0.2, 0.25) is 0 Å². The van der Waals surface area contributed by atoms with E-state index in [9.17, 15) is 9.59 Å². The average molecular weight is 402 g/mol. The number of thioether (sulfide) groups is 1. The number of benzene rings is 1. The van der Waals surface area contributed by atoms with Crippen LogP contribution in [0, 0.1) is 0 Å². The van der Waals surface area contributed by atoms with Gasteiger partial charge in [-0.3, -0.25) is 9.59 Å². The van der Waals surface area contributed by atoms with Crippen LogP contribution < -0.4 is 20.7 Å². The molecule has 26 heavy (non-hydrogen) atoms. The lowest BCUT2D eigenvalue weighted by Gasteiger charge is -2.26. The Morgan fingerprint density at radius 1 is 1.35 bits per heavy atom. The standard InChI is InChI=1S/C18H27N3O3S.ClH/c1-25-11-9-16(18(23)20-14-6-5-10-19-12-14)21-17(22)13-24-15-7-3-2-4-8-15;/h2-4,7-8,14,16,19H,5-6,9-13H2,1H3,(H,20,23)(H,21,22);1H. The van der Waals surface area contributed by atoms with Crippen LogP contribution in [-0.2, 0) is 9.59 Å². The van der Waals surface area contributed by atoms with Crippen LogP contribution in [0.3, 0.4) is 0 Å². The fourth-order valence-corrected chi connectivity index (χ4v) is 3.15. The lowest BCUT2D eigenvalue weighted by Crippen LogP contribution is -2.53. The molecule has 6 nitrogen and oxygen atoms in total. The SMILES string of the molecule is CSCCC(NC(=O)COc1ccccc1)C(=O)NC1CCCNC1.Cl. The van der Waals surface area contributed by atoms with Crippen molar-refractivity contribution in [2.75, 3.05) is 31.7 Å². The van der Waals surface area contributed by atoms with Gasteiger partial charge in [0.15, 0.2) is 6.61 Å². The van der Waals surface area contributed by atoms with Crippen LogP contribution in [0.4, 0.5) is 0 Å². The van der Waals surface area contributed by atoms with Gasteiger partial charge in [0.05, 0.1) is 0 Å². The van der Waals surface area contributed by atoms with E-state index in [4.69, 9.17) is 4.74 Å². The third-order valence-electron chi connectivity index (χ3n) is 4.02.